The van der Waals surface area contributed by atoms with E-state index in [-0.39, 0.29) is 28.9 Å². The van der Waals surface area contributed by atoms with Crippen molar-refractivity contribution in [2.24, 2.45) is 5.92 Å². The number of carbonyl (C=O) groups is 1. The lowest BCUT2D eigenvalue weighted by molar-refractivity contribution is -0.264. The van der Waals surface area contributed by atoms with Gasteiger partial charge in [-0.15, -0.1) is 0 Å². The number of unbranched alkanes of at least 4 members (excludes halogenated alkanes) is 1. The highest BCUT2D eigenvalue weighted by molar-refractivity contribution is 5.91. The Balaban J connectivity index is 1.70. The maximum absolute atomic E-state index is 12.5. The number of aromatic amines is 1. The van der Waals surface area contributed by atoms with Crippen LogP contribution < -0.4 is 10.9 Å². The fourth-order valence-electron chi connectivity index (χ4n) is 4.10. The number of amides is 1. The lowest BCUT2D eigenvalue weighted by Gasteiger charge is -2.40. The number of rotatable bonds is 7. The predicted molar refractivity (Wildman–Crippen MR) is 112 cm³/mol. The summed E-state index contributed by atoms with van der Waals surface area (Å²) in [7, 11) is 0. The number of hydrogen-bond donors (Lipinski definition) is 3. The molecular weight excluding hydrogens is 404 g/mol. The molecule has 4 rings (SSSR count). The number of aliphatic hydroxyl groups excluding tert-OH is 1. The topological polar surface area (TPSA) is 135 Å². The van der Waals surface area contributed by atoms with Gasteiger partial charge in [-0.1, -0.05) is 34.1 Å². The molecule has 2 aromatic heterocycles. The van der Waals surface area contributed by atoms with E-state index in [1.54, 1.807) is 18.4 Å². The normalized spacial score (nSPS) is 28.5. The summed E-state index contributed by atoms with van der Waals surface area (Å²) in [4.78, 5) is 41.8. The Hall–Kier alpha value is -2.34. The van der Waals surface area contributed by atoms with Crippen molar-refractivity contribution in [2.45, 2.75) is 71.0 Å². The lowest BCUT2D eigenvalue weighted by atomic mass is 9.91. The molecule has 2 aromatic rings. The van der Waals surface area contributed by atoms with E-state index in [0.29, 0.717) is 13.0 Å². The SMILES string of the molecule is CCCCN1C[C@]2(CC)O[C@@H](n3cnc4c(=O)[nH]c(NC(=O)C(C)C)nc43)[C@@H](O1)C2O. The second kappa shape index (κ2) is 8.30. The van der Waals surface area contributed by atoms with Crippen molar-refractivity contribution in [2.75, 3.05) is 18.4 Å². The van der Waals surface area contributed by atoms with Gasteiger partial charge in [0.25, 0.3) is 5.56 Å². The molecule has 0 spiro atoms. The highest BCUT2D eigenvalue weighted by atomic mass is 16.7. The third kappa shape index (κ3) is 3.75. The Morgan fingerprint density at radius 3 is 2.90 bits per heavy atom. The van der Waals surface area contributed by atoms with Gasteiger partial charge >= 0.3 is 0 Å². The van der Waals surface area contributed by atoms with Crippen LogP contribution >= 0.6 is 0 Å². The standard InChI is InChI=1S/C20H30N6O5/c1-5-7-8-25-9-20(6-2)14(27)13(31-25)18(30-20)26-10-21-12-15(26)22-19(24-17(12)29)23-16(28)11(3)4/h10-11,13-14,18,27H,5-9H2,1-4H3,(H2,22,23,24,28,29)/t13-,14?,18+,20-/m0/s1. The predicted octanol–water partition coefficient (Wildman–Crippen LogP) is 1.17. The van der Waals surface area contributed by atoms with Gasteiger partial charge in [-0.25, -0.2) is 4.98 Å². The first kappa shape index (κ1) is 21.9. The third-order valence-corrected chi connectivity index (χ3v) is 6.03. The van der Waals surface area contributed by atoms with Gasteiger partial charge < -0.3 is 9.84 Å². The smallest absolute Gasteiger partial charge is 0.280 e. The zero-order valence-electron chi connectivity index (χ0n) is 18.3. The Bertz CT molecular complexity index is 1020. The van der Waals surface area contributed by atoms with Gasteiger partial charge in [0.05, 0.1) is 12.9 Å². The first-order chi connectivity index (χ1) is 14.8. The number of H-pyrrole nitrogens is 1. The average molecular weight is 434 g/mol. The van der Waals surface area contributed by atoms with Gasteiger partial charge in [0.2, 0.25) is 11.9 Å². The summed E-state index contributed by atoms with van der Waals surface area (Å²) in [5.41, 5.74) is -0.883. The Morgan fingerprint density at radius 2 is 2.23 bits per heavy atom. The third-order valence-electron chi connectivity index (χ3n) is 6.03. The number of aromatic nitrogens is 4. The zero-order chi connectivity index (χ0) is 22.3. The Labute approximate surface area is 179 Å². The molecular formula is C20H30N6O5. The molecule has 2 aliphatic heterocycles. The minimum absolute atomic E-state index is 0.0372. The molecule has 4 heterocycles. The fourth-order valence-corrected chi connectivity index (χ4v) is 4.10. The first-order valence-electron chi connectivity index (χ1n) is 10.8. The number of nitrogens with one attached hydrogen (secondary N) is 2. The summed E-state index contributed by atoms with van der Waals surface area (Å²) in [6, 6.07) is 0. The molecule has 170 valence electrons. The molecule has 1 amide bonds. The molecule has 31 heavy (non-hydrogen) atoms. The molecule has 2 bridgehead atoms. The summed E-state index contributed by atoms with van der Waals surface area (Å²) in [6.45, 7) is 8.77. The molecule has 0 aromatic carbocycles. The molecule has 11 nitrogen and oxygen atoms in total. The van der Waals surface area contributed by atoms with E-state index in [2.05, 4.69) is 27.2 Å². The Morgan fingerprint density at radius 1 is 1.45 bits per heavy atom. The second-order valence-corrected chi connectivity index (χ2v) is 8.54. The lowest BCUT2D eigenvalue weighted by Crippen LogP contribution is -2.57. The number of aliphatic hydroxyl groups is 1. The average Bonchev–Trinajstić information content (AvgIpc) is 3.21. The molecule has 0 saturated carbocycles. The number of nitrogens with zero attached hydrogens (tertiary/aromatic N) is 4. The monoisotopic (exact) mass is 434 g/mol. The molecule has 1 unspecified atom stereocenters. The molecule has 2 saturated heterocycles. The van der Waals surface area contributed by atoms with E-state index < -0.39 is 29.6 Å². The quantitative estimate of drug-likeness (QED) is 0.591. The van der Waals surface area contributed by atoms with E-state index in [4.69, 9.17) is 9.57 Å². The Kier molecular flexibility index (Phi) is 5.86. The van der Waals surface area contributed by atoms with Crippen molar-refractivity contribution < 1.29 is 19.5 Å². The van der Waals surface area contributed by atoms with Crippen LogP contribution in [0.4, 0.5) is 5.95 Å². The number of carbonyl (C=O) groups excluding carboxylic acids is 1. The van der Waals surface area contributed by atoms with Gasteiger partial charge in [0, 0.05) is 12.5 Å². The van der Waals surface area contributed by atoms with E-state index in [1.165, 1.54) is 6.33 Å². The number of ether oxygens (including phenoxy) is 1. The maximum Gasteiger partial charge on any atom is 0.280 e. The van der Waals surface area contributed by atoms with Crippen molar-refractivity contribution in [3.05, 3.63) is 16.7 Å². The summed E-state index contributed by atoms with van der Waals surface area (Å²) >= 11 is 0. The summed E-state index contributed by atoms with van der Waals surface area (Å²) in [6.07, 6.45) is 1.84. The van der Waals surface area contributed by atoms with Crippen LogP contribution in [0.25, 0.3) is 11.2 Å². The van der Waals surface area contributed by atoms with Gasteiger partial charge in [-0.05, 0) is 12.8 Å². The van der Waals surface area contributed by atoms with Crippen molar-refractivity contribution in [1.29, 1.82) is 0 Å². The van der Waals surface area contributed by atoms with Crippen molar-refractivity contribution >= 4 is 23.0 Å². The molecule has 0 aliphatic carbocycles. The zero-order valence-corrected chi connectivity index (χ0v) is 18.3. The van der Waals surface area contributed by atoms with Crippen LogP contribution in [0.2, 0.25) is 0 Å². The summed E-state index contributed by atoms with van der Waals surface area (Å²) < 4.78 is 7.96. The number of anilines is 1. The van der Waals surface area contributed by atoms with Crippen LogP contribution in [-0.2, 0) is 14.4 Å². The maximum atomic E-state index is 12.5. The van der Waals surface area contributed by atoms with E-state index >= 15 is 0 Å². The highest BCUT2D eigenvalue weighted by Crippen LogP contribution is 2.45. The summed E-state index contributed by atoms with van der Waals surface area (Å²) in [5.74, 6) is -0.502. The van der Waals surface area contributed by atoms with Crippen LogP contribution in [0.1, 0.15) is 53.2 Å². The summed E-state index contributed by atoms with van der Waals surface area (Å²) in [5, 5.41) is 15.4. The molecule has 11 heteroatoms. The fraction of sp³-hybridized carbons (Fsp3) is 0.700. The van der Waals surface area contributed by atoms with Crippen LogP contribution in [0.15, 0.2) is 11.1 Å². The second-order valence-electron chi connectivity index (χ2n) is 8.54. The number of hydrogen-bond acceptors (Lipinski definition) is 8. The van der Waals surface area contributed by atoms with Crippen molar-refractivity contribution in [3.63, 3.8) is 0 Å². The van der Waals surface area contributed by atoms with Crippen LogP contribution in [-0.4, -0.2) is 66.5 Å². The molecule has 4 atom stereocenters. The van der Waals surface area contributed by atoms with Crippen LogP contribution in [0, 0.1) is 5.92 Å². The van der Waals surface area contributed by atoms with Gasteiger partial charge in [-0.3, -0.25) is 29.3 Å². The first-order valence-corrected chi connectivity index (χ1v) is 10.8. The minimum atomic E-state index is -0.833. The van der Waals surface area contributed by atoms with E-state index in [0.717, 1.165) is 19.4 Å². The van der Waals surface area contributed by atoms with Gasteiger partial charge in [-0.2, -0.15) is 10.0 Å². The molecule has 3 N–H and O–H groups in total. The largest absolute Gasteiger partial charge is 0.387 e. The van der Waals surface area contributed by atoms with E-state index in [1.807, 2.05) is 12.0 Å². The van der Waals surface area contributed by atoms with Gasteiger partial charge in [0.15, 0.2) is 23.5 Å². The van der Waals surface area contributed by atoms with Crippen LogP contribution in [0.3, 0.4) is 0 Å². The van der Waals surface area contributed by atoms with Gasteiger partial charge in [0.1, 0.15) is 11.7 Å². The molecule has 2 fully saturated rings. The van der Waals surface area contributed by atoms with Crippen molar-refractivity contribution in [1.82, 2.24) is 24.6 Å². The van der Waals surface area contributed by atoms with Crippen LogP contribution in [0.5, 0.6) is 0 Å². The van der Waals surface area contributed by atoms with Crippen molar-refractivity contribution in [3.8, 4) is 0 Å². The molecule has 2 aliphatic rings. The number of imidazole rings is 1. The molecule has 0 radical (unpaired) electrons. The minimum Gasteiger partial charge on any atom is -0.387 e. The number of hydroxylamine groups is 2. The van der Waals surface area contributed by atoms with E-state index in [9.17, 15) is 14.7 Å². The highest BCUT2D eigenvalue weighted by Gasteiger charge is 2.60. The number of fused-ring (bicyclic) bond motifs is 3.